The summed E-state index contributed by atoms with van der Waals surface area (Å²) in [5.74, 6) is 0.611. The molecule has 1 aliphatic heterocycles. The van der Waals surface area contributed by atoms with E-state index in [2.05, 4.69) is 20.9 Å². The third-order valence-electron chi connectivity index (χ3n) is 4.56. The van der Waals surface area contributed by atoms with Gasteiger partial charge >= 0.3 is 0 Å². The molecule has 0 unspecified atom stereocenters. The second kappa shape index (κ2) is 8.86. The third kappa shape index (κ3) is 4.24. The van der Waals surface area contributed by atoms with Crippen LogP contribution < -0.4 is 10.7 Å². The highest BCUT2D eigenvalue weighted by molar-refractivity contribution is 8.00. The van der Waals surface area contributed by atoms with E-state index in [4.69, 9.17) is 16.3 Å². The SMILES string of the molecule is COCCNC(=O)[C@@H]1Sc2nnc(-c3ccccc3)n2N[C@H]1c1ccc(Cl)cc1. The van der Waals surface area contributed by atoms with Crippen LogP contribution in [0.2, 0.25) is 5.02 Å². The number of nitrogens with one attached hydrogen (secondary N) is 2. The van der Waals surface area contributed by atoms with E-state index in [1.54, 1.807) is 7.11 Å². The Morgan fingerprint density at radius 3 is 2.69 bits per heavy atom. The quantitative estimate of drug-likeness (QED) is 0.586. The summed E-state index contributed by atoms with van der Waals surface area (Å²) in [6.07, 6.45) is 0. The van der Waals surface area contributed by atoms with Crippen LogP contribution in [0.3, 0.4) is 0 Å². The number of benzene rings is 2. The van der Waals surface area contributed by atoms with Gasteiger partial charge < -0.3 is 15.5 Å². The number of hydrogen-bond acceptors (Lipinski definition) is 6. The lowest BCUT2D eigenvalue weighted by atomic mass is 10.0. The van der Waals surface area contributed by atoms with E-state index in [1.807, 2.05) is 59.3 Å². The molecule has 0 saturated carbocycles. The first-order valence-corrected chi connectivity index (χ1v) is 10.4. The number of amides is 1. The minimum absolute atomic E-state index is 0.0880. The molecule has 29 heavy (non-hydrogen) atoms. The molecule has 7 nitrogen and oxygen atoms in total. The van der Waals surface area contributed by atoms with Gasteiger partial charge in [0.05, 0.1) is 12.6 Å². The molecule has 3 aromatic rings. The molecular weight excluding hydrogens is 410 g/mol. The summed E-state index contributed by atoms with van der Waals surface area (Å²) in [7, 11) is 1.60. The number of rotatable bonds is 6. The van der Waals surface area contributed by atoms with Crippen molar-refractivity contribution in [3.8, 4) is 11.4 Å². The molecule has 0 bridgehead atoms. The van der Waals surface area contributed by atoms with E-state index in [0.717, 1.165) is 11.1 Å². The van der Waals surface area contributed by atoms with E-state index in [0.29, 0.717) is 29.2 Å². The summed E-state index contributed by atoms with van der Waals surface area (Å²) < 4.78 is 6.88. The summed E-state index contributed by atoms with van der Waals surface area (Å²) in [6, 6.07) is 17.0. The maximum absolute atomic E-state index is 12.9. The van der Waals surface area contributed by atoms with Gasteiger partial charge in [0.1, 0.15) is 5.25 Å². The van der Waals surface area contributed by atoms with Gasteiger partial charge in [-0.2, -0.15) is 0 Å². The Bertz CT molecular complexity index is 980. The molecule has 2 atom stereocenters. The van der Waals surface area contributed by atoms with Gasteiger partial charge in [-0.15, -0.1) is 10.2 Å². The maximum Gasteiger partial charge on any atom is 0.236 e. The van der Waals surface area contributed by atoms with Gasteiger partial charge in [0.25, 0.3) is 0 Å². The van der Waals surface area contributed by atoms with Crippen LogP contribution in [-0.4, -0.2) is 46.3 Å². The number of thioether (sulfide) groups is 1. The Morgan fingerprint density at radius 2 is 1.97 bits per heavy atom. The largest absolute Gasteiger partial charge is 0.383 e. The maximum atomic E-state index is 12.9. The second-order valence-corrected chi connectivity index (χ2v) is 8.03. The highest BCUT2D eigenvalue weighted by atomic mass is 35.5. The van der Waals surface area contributed by atoms with E-state index in [9.17, 15) is 4.79 Å². The van der Waals surface area contributed by atoms with Crippen molar-refractivity contribution in [1.29, 1.82) is 0 Å². The van der Waals surface area contributed by atoms with Crippen molar-refractivity contribution in [2.75, 3.05) is 25.7 Å². The number of halogens is 1. The first kappa shape index (κ1) is 19.8. The molecule has 0 saturated heterocycles. The van der Waals surface area contributed by atoms with Gasteiger partial charge in [-0.1, -0.05) is 65.8 Å². The lowest BCUT2D eigenvalue weighted by molar-refractivity contribution is -0.121. The number of carbonyl (C=O) groups is 1. The third-order valence-corrected chi connectivity index (χ3v) is 6.03. The number of ether oxygens (including phenoxy) is 1. The standard InChI is InChI=1S/C20H20ClN5O2S/c1-28-12-11-22-19(27)17-16(13-7-9-15(21)10-8-13)25-26-18(23-24-20(26)29-17)14-5-3-2-4-6-14/h2-10,16-17,25H,11-12H2,1H3,(H,22,27)/t16-,17+/m0/s1. The van der Waals surface area contributed by atoms with Gasteiger partial charge in [0.15, 0.2) is 5.82 Å². The molecule has 2 heterocycles. The minimum Gasteiger partial charge on any atom is -0.383 e. The van der Waals surface area contributed by atoms with Crippen molar-refractivity contribution in [2.45, 2.75) is 16.4 Å². The van der Waals surface area contributed by atoms with E-state index in [-0.39, 0.29) is 11.9 Å². The Balaban J connectivity index is 1.68. The molecule has 0 radical (unpaired) electrons. The van der Waals surface area contributed by atoms with Crippen LogP contribution in [-0.2, 0) is 9.53 Å². The van der Waals surface area contributed by atoms with Gasteiger partial charge in [0.2, 0.25) is 11.1 Å². The molecule has 0 spiro atoms. The van der Waals surface area contributed by atoms with Gasteiger partial charge in [0, 0.05) is 24.2 Å². The van der Waals surface area contributed by atoms with E-state index >= 15 is 0 Å². The van der Waals surface area contributed by atoms with Crippen LogP contribution >= 0.6 is 23.4 Å². The summed E-state index contributed by atoms with van der Waals surface area (Å²) >= 11 is 7.45. The molecule has 1 aliphatic rings. The first-order chi connectivity index (χ1) is 14.2. The van der Waals surface area contributed by atoms with Crippen molar-refractivity contribution >= 4 is 29.3 Å². The topological polar surface area (TPSA) is 81.1 Å². The molecule has 0 aliphatic carbocycles. The van der Waals surface area contributed by atoms with Gasteiger partial charge in [-0.3, -0.25) is 4.79 Å². The fourth-order valence-electron chi connectivity index (χ4n) is 3.13. The van der Waals surface area contributed by atoms with Gasteiger partial charge in [-0.05, 0) is 17.7 Å². The minimum atomic E-state index is -0.423. The lowest BCUT2D eigenvalue weighted by Crippen LogP contribution is -2.44. The lowest BCUT2D eigenvalue weighted by Gasteiger charge is -2.33. The number of fused-ring (bicyclic) bond motifs is 1. The highest BCUT2D eigenvalue weighted by Crippen LogP contribution is 2.38. The number of nitrogens with zero attached hydrogens (tertiary/aromatic N) is 3. The summed E-state index contributed by atoms with van der Waals surface area (Å²) in [5, 5.41) is 12.4. The molecule has 150 valence electrons. The smallest absolute Gasteiger partial charge is 0.236 e. The first-order valence-electron chi connectivity index (χ1n) is 9.13. The molecule has 1 aromatic heterocycles. The van der Waals surface area contributed by atoms with E-state index in [1.165, 1.54) is 11.8 Å². The zero-order valence-electron chi connectivity index (χ0n) is 15.7. The zero-order chi connectivity index (χ0) is 20.2. The second-order valence-electron chi connectivity index (χ2n) is 6.49. The normalized spacial score (nSPS) is 18.0. The van der Waals surface area contributed by atoms with Crippen molar-refractivity contribution in [3.63, 3.8) is 0 Å². The highest BCUT2D eigenvalue weighted by Gasteiger charge is 2.37. The average molecular weight is 430 g/mol. The van der Waals surface area contributed by atoms with Gasteiger partial charge in [-0.25, -0.2) is 4.68 Å². The molecular formula is C20H20ClN5O2S. The molecule has 4 rings (SSSR count). The van der Waals surface area contributed by atoms with Crippen molar-refractivity contribution < 1.29 is 9.53 Å². The van der Waals surface area contributed by atoms with Crippen LogP contribution in [0.1, 0.15) is 11.6 Å². The fraction of sp³-hybridized carbons (Fsp3) is 0.250. The molecule has 2 N–H and O–H groups in total. The Hall–Kier alpha value is -2.55. The summed E-state index contributed by atoms with van der Waals surface area (Å²) in [6.45, 7) is 0.901. The van der Waals surface area contributed by atoms with Crippen LogP contribution in [0.15, 0.2) is 59.8 Å². The van der Waals surface area contributed by atoms with Crippen LogP contribution in [0, 0.1) is 0 Å². The summed E-state index contributed by atoms with van der Waals surface area (Å²) in [5.41, 5.74) is 5.33. The number of hydrogen-bond donors (Lipinski definition) is 2. The molecule has 0 fully saturated rings. The number of methoxy groups -OCH3 is 1. The molecule has 1 amide bonds. The summed E-state index contributed by atoms with van der Waals surface area (Å²) in [4.78, 5) is 12.9. The monoisotopic (exact) mass is 429 g/mol. The van der Waals surface area contributed by atoms with E-state index < -0.39 is 5.25 Å². The van der Waals surface area contributed by atoms with Crippen LogP contribution in [0.25, 0.3) is 11.4 Å². The van der Waals surface area contributed by atoms with Crippen molar-refractivity contribution in [2.24, 2.45) is 0 Å². The molecule has 9 heteroatoms. The predicted molar refractivity (Wildman–Crippen MR) is 114 cm³/mol. The fourth-order valence-corrected chi connectivity index (χ4v) is 4.36. The Morgan fingerprint density at radius 1 is 1.21 bits per heavy atom. The zero-order valence-corrected chi connectivity index (χ0v) is 17.3. The average Bonchev–Trinajstić information content (AvgIpc) is 3.17. The number of carbonyl (C=O) groups excluding carboxylic acids is 1. The predicted octanol–water partition coefficient (Wildman–Crippen LogP) is 3.12. The Kier molecular flexibility index (Phi) is 6.03. The van der Waals surface area contributed by atoms with Crippen LogP contribution in [0.5, 0.6) is 0 Å². The molecule has 2 aromatic carbocycles. The Labute approximate surface area is 177 Å². The van der Waals surface area contributed by atoms with Crippen molar-refractivity contribution in [1.82, 2.24) is 20.2 Å². The number of aromatic nitrogens is 3. The van der Waals surface area contributed by atoms with Crippen molar-refractivity contribution in [3.05, 3.63) is 65.2 Å². The van der Waals surface area contributed by atoms with Crippen LogP contribution in [0.4, 0.5) is 0 Å².